The first-order valence-electron chi connectivity index (χ1n) is 12.0. The van der Waals surface area contributed by atoms with Gasteiger partial charge in [-0.05, 0) is 12.8 Å². The van der Waals surface area contributed by atoms with Crippen molar-refractivity contribution in [3.05, 3.63) is 0 Å². The van der Waals surface area contributed by atoms with E-state index in [0.29, 0.717) is 19.3 Å². The molecule has 0 aliphatic rings. The van der Waals surface area contributed by atoms with Gasteiger partial charge in [0.05, 0.1) is 0 Å². The molecule has 0 saturated carbocycles. The highest BCUT2D eigenvalue weighted by Gasteiger charge is 2.15. The predicted molar refractivity (Wildman–Crippen MR) is 118 cm³/mol. The van der Waals surface area contributed by atoms with Crippen molar-refractivity contribution in [2.45, 2.75) is 123 Å². The number of carbonyl (C=O) groups is 3. The fraction of sp³-hybridized carbons (Fsp3) is 0.875. The molecule has 0 heterocycles. The maximum Gasteiger partial charge on any atom is 0.305 e. The van der Waals surface area contributed by atoms with Gasteiger partial charge in [-0.3, -0.25) is 14.4 Å². The van der Waals surface area contributed by atoms with Crippen molar-refractivity contribution in [1.29, 1.82) is 0 Å². The second-order valence-corrected chi connectivity index (χ2v) is 7.96. The van der Waals surface area contributed by atoms with E-state index in [9.17, 15) is 14.4 Å². The summed E-state index contributed by atoms with van der Waals surface area (Å²) < 4.78 is 15.2. The van der Waals surface area contributed by atoms with Gasteiger partial charge in [0.15, 0.2) is 6.10 Å². The Bertz CT molecular complexity index is 390. The highest BCUT2D eigenvalue weighted by molar-refractivity contribution is 5.69. The molecule has 6 nitrogen and oxygen atoms in total. The van der Waals surface area contributed by atoms with E-state index in [2.05, 4.69) is 13.8 Å². The molecule has 0 atom stereocenters. The van der Waals surface area contributed by atoms with Crippen molar-refractivity contribution in [3.63, 3.8) is 0 Å². The average Bonchev–Trinajstić information content (AvgIpc) is 2.74. The van der Waals surface area contributed by atoms with Crippen LogP contribution in [0.3, 0.4) is 0 Å². The molecule has 0 aromatic heterocycles. The number of ether oxygens (including phenoxy) is 3. The van der Waals surface area contributed by atoms with Gasteiger partial charge in [0.2, 0.25) is 0 Å². The lowest BCUT2D eigenvalue weighted by molar-refractivity contribution is -0.159. The second-order valence-electron chi connectivity index (χ2n) is 7.96. The molecule has 6 heteroatoms. The van der Waals surface area contributed by atoms with Crippen molar-refractivity contribution in [3.8, 4) is 0 Å². The Hall–Kier alpha value is -1.59. The Morgan fingerprint density at radius 2 is 1.00 bits per heavy atom. The summed E-state index contributed by atoms with van der Waals surface area (Å²) in [7, 11) is 0. The summed E-state index contributed by atoms with van der Waals surface area (Å²) in [6.45, 7) is 4.50. The van der Waals surface area contributed by atoms with Gasteiger partial charge in [0.25, 0.3) is 6.47 Å². The largest absolute Gasteiger partial charge is 0.462 e. The van der Waals surface area contributed by atoms with Gasteiger partial charge in [0, 0.05) is 12.8 Å². The Labute approximate surface area is 183 Å². The summed E-state index contributed by atoms with van der Waals surface area (Å²) in [5, 5.41) is 0. The van der Waals surface area contributed by atoms with Crippen LogP contribution in [0.2, 0.25) is 0 Å². The smallest absolute Gasteiger partial charge is 0.305 e. The molecular weight excluding hydrogens is 384 g/mol. The molecule has 0 N–H and O–H groups in total. The van der Waals surface area contributed by atoms with E-state index < -0.39 is 6.10 Å². The normalized spacial score (nSPS) is 10.8. The summed E-state index contributed by atoms with van der Waals surface area (Å²) in [4.78, 5) is 34.3. The predicted octanol–water partition coefficient (Wildman–Crippen LogP) is 5.90. The maximum atomic E-state index is 11.8. The zero-order valence-electron chi connectivity index (χ0n) is 19.3. The van der Waals surface area contributed by atoms with E-state index in [0.717, 1.165) is 38.5 Å². The molecular formula is C24H44O6. The monoisotopic (exact) mass is 428 g/mol. The van der Waals surface area contributed by atoms with Crippen molar-refractivity contribution in [1.82, 2.24) is 0 Å². The van der Waals surface area contributed by atoms with E-state index in [1.54, 1.807) is 0 Å². The fourth-order valence-electron chi connectivity index (χ4n) is 3.17. The minimum absolute atomic E-state index is 0.0845. The molecule has 0 aliphatic heterocycles. The van der Waals surface area contributed by atoms with Crippen LogP contribution in [0.25, 0.3) is 0 Å². The van der Waals surface area contributed by atoms with Gasteiger partial charge in [-0.25, -0.2) is 0 Å². The summed E-state index contributed by atoms with van der Waals surface area (Å²) in [5.41, 5.74) is 0. The standard InChI is InChI=1S/C24H44O6/c1-3-5-7-9-11-13-15-17-23(26)28-19-22(30-21-25)20-29-24(27)18-16-14-12-10-8-6-4-2/h21-22H,3-20H2,1-2H3. The topological polar surface area (TPSA) is 78.9 Å². The zero-order valence-corrected chi connectivity index (χ0v) is 19.3. The van der Waals surface area contributed by atoms with Crippen LogP contribution in [-0.2, 0) is 28.6 Å². The molecule has 0 spiro atoms. The first-order valence-corrected chi connectivity index (χ1v) is 12.0. The number of rotatable bonds is 22. The molecule has 0 saturated heterocycles. The summed E-state index contributed by atoms with van der Waals surface area (Å²) in [6, 6.07) is 0. The zero-order chi connectivity index (χ0) is 22.3. The Morgan fingerprint density at radius 1 is 0.633 bits per heavy atom. The minimum Gasteiger partial charge on any atom is -0.462 e. The van der Waals surface area contributed by atoms with Crippen LogP contribution < -0.4 is 0 Å². The van der Waals surface area contributed by atoms with Crippen LogP contribution in [0.4, 0.5) is 0 Å². The van der Waals surface area contributed by atoms with E-state index in [4.69, 9.17) is 14.2 Å². The third-order valence-corrected chi connectivity index (χ3v) is 5.08. The number of esters is 2. The number of hydrogen-bond donors (Lipinski definition) is 0. The molecule has 0 bridgehead atoms. The summed E-state index contributed by atoms with van der Waals surface area (Å²) >= 11 is 0. The second kappa shape index (κ2) is 22.1. The molecule has 30 heavy (non-hydrogen) atoms. The lowest BCUT2D eigenvalue weighted by Crippen LogP contribution is -2.28. The minimum atomic E-state index is -0.751. The van der Waals surface area contributed by atoms with E-state index in [1.165, 1.54) is 51.4 Å². The van der Waals surface area contributed by atoms with E-state index in [1.807, 2.05) is 0 Å². The number of unbranched alkanes of at least 4 members (excludes halogenated alkanes) is 12. The number of hydrogen-bond acceptors (Lipinski definition) is 6. The van der Waals surface area contributed by atoms with Gasteiger partial charge in [-0.15, -0.1) is 0 Å². The first-order chi connectivity index (χ1) is 14.6. The Kier molecular flexibility index (Phi) is 20.9. The quantitative estimate of drug-likeness (QED) is 0.0925. The highest BCUT2D eigenvalue weighted by Crippen LogP contribution is 2.10. The maximum absolute atomic E-state index is 11.8. The average molecular weight is 429 g/mol. The molecule has 0 aromatic rings. The molecule has 0 amide bonds. The Morgan fingerprint density at radius 3 is 1.37 bits per heavy atom. The van der Waals surface area contributed by atoms with Crippen molar-refractivity contribution >= 4 is 18.4 Å². The van der Waals surface area contributed by atoms with Crippen molar-refractivity contribution in [2.75, 3.05) is 13.2 Å². The van der Waals surface area contributed by atoms with Crippen LogP contribution in [0, 0.1) is 0 Å². The van der Waals surface area contributed by atoms with Crippen LogP contribution in [0.1, 0.15) is 117 Å². The molecule has 0 aliphatic carbocycles. The first kappa shape index (κ1) is 28.4. The lowest BCUT2D eigenvalue weighted by atomic mass is 10.1. The van der Waals surface area contributed by atoms with Gasteiger partial charge in [-0.1, -0.05) is 90.9 Å². The molecule has 0 aromatic carbocycles. The van der Waals surface area contributed by atoms with Gasteiger partial charge in [-0.2, -0.15) is 0 Å². The van der Waals surface area contributed by atoms with Crippen molar-refractivity contribution < 1.29 is 28.6 Å². The summed E-state index contributed by atoms with van der Waals surface area (Å²) in [5.74, 6) is -0.616. The van der Waals surface area contributed by atoms with Gasteiger partial charge in [0.1, 0.15) is 13.2 Å². The van der Waals surface area contributed by atoms with Crippen molar-refractivity contribution in [2.24, 2.45) is 0 Å². The van der Waals surface area contributed by atoms with Crippen LogP contribution in [0.15, 0.2) is 0 Å². The summed E-state index contributed by atoms with van der Waals surface area (Å²) in [6.07, 6.45) is 15.8. The van der Waals surface area contributed by atoms with Crippen LogP contribution in [-0.4, -0.2) is 37.7 Å². The highest BCUT2D eigenvalue weighted by atomic mass is 16.6. The number of carbonyl (C=O) groups excluding carboxylic acids is 3. The van der Waals surface area contributed by atoms with Gasteiger partial charge < -0.3 is 14.2 Å². The van der Waals surface area contributed by atoms with E-state index >= 15 is 0 Å². The molecule has 0 radical (unpaired) electrons. The van der Waals surface area contributed by atoms with Gasteiger partial charge >= 0.3 is 11.9 Å². The SMILES string of the molecule is CCCCCCCCCC(=O)OCC(COC(=O)CCCCCCCCC)OC=O. The Balaban J connectivity index is 3.78. The van der Waals surface area contributed by atoms with Crippen LogP contribution in [0.5, 0.6) is 0 Å². The molecule has 0 fully saturated rings. The third-order valence-electron chi connectivity index (χ3n) is 5.08. The molecule has 0 rings (SSSR count). The lowest BCUT2D eigenvalue weighted by Gasteiger charge is -2.15. The molecule has 176 valence electrons. The fourth-order valence-corrected chi connectivity index (χ4v) is 3.17. The molecule has 0 unspecified atom stereocenters. The van der Waals surface area contributed by atoms with E-state index in [-0.39, 0.29) is 25.2 Å². The third kappa shape index (κ3) is 19.7. The van der Waals surface area contributed by atoms with Crippen LogP contribution >= 0.6 is 0 Å².